The normalized spacial score (nSPS) is 20.0. The fourth-order valence-electron chi connectivity index (χ4n) is 2.58. The van der Waals surface area contributed by atoms with Crippen LogP contribution in [-0.4, -0.2) is 17.7 Å². The minimum atomic E-state index is -1.29. The van der Waals surface area contributed by atoms with Gasteiger partial charge in [0, 0.05) is 12.0 Å². The van der Waals surface area contributed by atoms with E-state index in [1.807, 2.05) is 36.4 Å². The van der Waals surface area contributed by atoms with Crippen molar-refractivity contribution in [3.63, 3.8) is 0 Å². The number of para-hydroxylation sites is 1. The summed E-state index contributed by atoms with van der Waals surface area (Å²) in [6.07, 6.45) is 0.300. The Labute approximate surface area is 128 Å². The number of hydrogen-bond acceptors (Lipinski definition) is 4. The Morgan fingerprint density at radius 3 is 2.68 bits per heavy atom. The molecule has 5 heteroatoms. The van der Waals surface area contributed by atoms with Gasteiger partial charge in [0.2, 0.25) is 0 Å². The van der Waals surface area contributed by atoms with E-state index in [0.717, 1.165) is 5.56 Å². The third kappa shape index (κ3) is 2.68. The molecular weight excluding hydrogens is 282 g/mol. The van der Waals surface area contributed by atoms with E-state index in [9.17, 15) is 9.90 Å². The van der Waals surface area contributed by atoms with E-state index >= 15 is 0 Å². The van der Waals surface area contributed by atoms with Crippen LogP contribution in [0.4, 0.5) is 0 Å². The van der Waals surface area contributed by atoms with E-state index in [1.165, 1.54) is 0 Å². The number of rotatable bonds is 5. The Bertz CT molecular complexity index is 659. The van der Waals surface area contributed by atoms with Crippen molar-refractivity contribution in [2.75, 3.05) is 6.61 Å². The Hall–Kier alpha value is -2.37. The van der Waals surface area contributed by atoms with Crippen molar-refractivity contribution < 1.29 is 19.5 Å². The summed E-state index contributed by atoms with van der Waals surface area (Å²) in [4.78, 5) is 17.4. The third-order valence-electron chi connectivity index (χ3n) is 3.77. The number of carboxylic acid groups (broad SMARTS) is 1. The summed E-state index contributed by atoms with van der Waals surface area (Å²) in [6.45, 7) is 0.615. The number of nitrogens with one attached hydrogen (secondary N) is 1. The van der Waals surface area contributed by atoms with E-state index in [-0.39, 0.29) is 0 Å². The van der Waals surface area contributed by atoms with Crippen LogP contribution in [0.15, 0.2) is 54.6 Å². The molecule has 2 aromatic rings. The van der Waals surface area contributed by atoms with E-state index in [4.69, 9.17) is 9.57 Å². The molecule has 0 saturated heterocycles. The van der Waals surface area contributed by atoms with Crippen molar-refractivity contribution in [1.82, 2.24) is 5.48 Å². The van der Waals surface area contributed by atoms with Gasteiger partial charge < -0.3 is 9.84 Å². The quantitative estimate of drug-likeness (QED) is 0.830. The smallest absolute Gasteiger partial charge is 0.331 e. The third-order valence-corrected chi connectivity index (χ3v) is 3.77. The highest BCUT2D eigenvalue weighted by Crippen LogP contribution is 2.37. The van der Waals surface area contributed by atoms with E-state index in [2.05, 4.69) is 5.48 Å². The molecule has 1 aliphatic rings. The predicted molar refractivity (Wildman–Crippen MR) is 80.2 cm³/mol. The molecule has 0 saturated carbocycles. The van der Waals surface area contributed by atoms with Crippen LogP contribution < -0.4 is 10.2 Å². The van der Waals surface area contributed by atoms with E-state index in [0.29, 0.717) is 30.9 Å². The molecule has 2 N–H and O–H groups in total. The van der Waals surface area contributed by atoms with Crippen LogP contribution in [0.25, 0.3) is 0 Å². The molecule has 1 aliphatic heterocycles. The van der Waals surface area contributed by atoms with Crippen molar-refractivity contribution in [2.45, 2.75) is 18.6 Å². The molecule has 0 radical (unpaired) electrons. The molecule has 1 heterocycles. The number of carbonyl (C=O) groups is 1. The van der Waals surface area contributed by atoms with Crippen molar-refractivity contribution >= 4 is 5.97 Å². The van der Waals surface area contributed by atoms with Gasteiger partial charge in [0.05, 0.1) is 13.2 Å². The van der Waals surface area contributed by atoms with Gasteiger partial charge in [0.25, 0.3) is 0 Å². The molecule has 1 atom stereocenters. The minimum Gasteiger partial charge on any atom is -0.493 e. The molecule has 0 bridgehead atoms. The number of ether oxygens (including phenoxy) is 1. The zero-order valence-corrected chi connectivity index (χ0v) is 12.0. The van der Waals surface area contributed by atoms with E-state index < -0.39 is 11.5 Å². The number of fused-ring (bicyclic) bond motifs is 1. The first-order valence-electron chi connectivity index (χ1n) is 7.11. The summed E-state index contributed by atoms with van der Waals surface area (Å²) in [5.74, 6) is -0.400. The maximum absolute atomic E-state index is 11.9. The van der Waals surface area contributed by atoms with Crippen molar-refractivity contribution in [3.8, 4) is 5.75 Å². The van der Waals surface area contributed by atoms with Gasteiger partial charge >= 0.3 is 5.97 Å². The van der Waals surface area contributed by atoms with Crippen LogP contribution in [0, 0.1) is 0 Å². The van der Waals surface area contributed by atoms with E-state index in [1.54, 1.807) is 18.2 Å². The molecule has 114 valence electrons. The second-order valence-corrected chi connectivity index (χ2v) is 5.18. The number of hydrogen-bond donors (Lipinski definition) is 2. The first kappa shape index (κ1) is 14.6. The fourth-order valence-corrected chi connectivity index (χ4v) is 2.58. The molecule has 1 unspecified atom stereocenters. The zero-order valence-electron chi connectivity index (χ0n) is 12.0. The molecule has 5 nitrogen and oxygen atoms in total. The van der Waals surface area contributed by atoms with Gasteiger partial charge in [-0.1, -0.05) is 48.5 Å². The molecule has 22 heavy (non-hydrogen) atoms. The highest BCUT2D eigenvalue weighted by Gasteiger charge is 2.45. The molecule has 2 aromatic carbocycles. The van der Waals surface area contributed by atoms with Crippen LogP contribution in [0.5, 0.6) is 5.75 Å². The van der Waals surface area contributed by atoms with Gasteiger partial charge in [-0.15, -0.1) is 0 Å². The first-order valence-corrected chi connectivity index (χ1v) is 7.11. The van der Waals surface area contributed by atoms with Gasteiger partial charge in [0.1, 0.15) is 5.75 Å². The predicted octanol–water partition coefficient (Wildman–Crippen LogP) is 2.47. The summed E-state index contributed by atoms with van der Waals surface area (Å²) in [6, 6.07) is 16.7. The number of benzene rings is 2. The summed E-state index contributed by atoms with van der Waals surface area (Å²) in [7, 11) is 0. The zero-order chi connectivity index (χ0) is 15.4. The van der Waals surface area contributed by atoms with Crippen LogP contribution in [0.3, 0.4) is 0 Å². The summed E-state index contributed by atoms with van der Waals surface area (Å²) >= 11 is 0. The number of aliphatic carboxylic acids is 1. The number of carboxylic acids is 1. The monoisotopic (exact) mass is 299 g/mol. The topological polar surface area (TPSA) is 67.8 Å². The summed E-state index contributed by atoms with van der Waals surface area (Å²) < 4.78 is 5.53. The molecule has 0 aliphatic carbocycles. The fraction of sp³-hybridized carbons (Fsp3) is 0.235. The van der Waals surface area contributed by atoms with Crippen LogP contribution >= 0.6 is 0 Å². The van der Waals surface area contributed by atoms with Gasteiger partial charge in [0.15, 0.2) is 5.54 Å². The second-order valence-electron chi connectivity index (χ2n) is 5.18. The van der Waals surface area contributed by atoms with Crippen molar-refractivity contribution in [3.05, 3.63) is 65.7 Å². The van der Waals surface area contributed by atoms with Gasteiger partial charge in [-0.25, -0.2) is 4.79 Å². The van der Waals surface area contributed by atoms with Crippen LogP contribution in [-0.2, 0) is 21.8 Å². The molecule has 0 aromatic heterocycles. The van der Waals surface area contributed by atoms with Gasteiger partial charge in [-0.3, -0.25) is 4.84 Å². The molecule has 0 fully saturated rings. The largest absolute Gasteiger partial charge is 0.493 e. The average Bonchev–Trinajstić information content (AvgIpc) is 2.56. The lowest BCUT2D eigenvalue weighted by Crippen LogP contribution is -2.52. The maximum Gasteiger partial charge on any atom is 0.331 e. The lowest BCUT2D eigenvalue weighted by atomic mass is 9.85. The molecule has 0 spiro atoms. The minimum absolute atomic E-state index is 0.291. The average molecular weight is 299 g/mol. The lowest BCUT2D eigenvalue weighted by molar-refractivity contribution is -0.157. The Kier molecular flexibility index (Phi) is 4.09. The first-order chi connectivity index (χ1) is 10.7. The Balaban J connectivity index is 1.80. The highest BCUT2D eigenvalue weighted by atomic mass is 16.6. The van der Waals surface area contributed by atoms with Gasteiger partial charge in [-0.2, -0.15) is 5.48 Å². The van der Waals surface area contributed by atoms with Gasteiger partial charge in [-0.05, 0) is 11.6 Å². The SMILES string of the molecule is O=C(O)C1(NOCc2ccccc2)CCOc2ccccc21. The Morgan fingerprint density at radius 2 is 1.91 bits per heavy atom. The lowest BCUT2D eigenvalue weighted by Gasteiger charge is -2.35. The summed E-state index contributed by atoms with van der Waals surface area (Å²) in [5, 5.41) is 9.73. The standard InChI is InChI=1S/C17H17NO4/c19-16(20)17(18-22-12-13-6-2-1-3-7-13)10-11-21-15-9-5-4-8-14(15)17/h1-9,18H,10-12H2,(H,19,20). The second kappa shape index (κ2) is 6.17. The van der Waals surface area contributed by atoms with Crippen molar-refractivity contribution in [2.24, 2.45) is 0 Å². The maximum atomic E-state index is 11.9. The summed E-state index contributed by atoms with van der Waals surface area (Å²) in [5.41, 5.74) is 3.03. The van der Waals surface area contributed by atoms with Crippen molar-refractivity contribution in [1.29, 1.82) is 0 Å². The highest BCUT2D eigenvalue weighted by molar-refractivity contribution is 5.82. The Morgan fingerprint density at radius 1 is 1.18 bits per heavy atom. The van der Waals surface area contributed by atoms with Crippen LogP contribution in [0.1, 0.15) is 17.5 Å². The molecular formula is C17H17NO4. The number of hydroxylamine groups is 1. The molecule has 0 amide bonds. The van der Waals surface area contributed by atoms with Crippen LogP contribution in [0.2, 0.25) is 0 Å². The molecule has 3 rings (SSSR count).